The summed E-state index contributed by atoms with van der Waals surface area (Å²) in [4.78, 5) is 17.7. The number of benzene rings is 1. The first-order chi connectivity index (χ1) is 10.2. The van der Waals surface area contributed by atoms with Crippen molar-refractivity contribution in [3.63, 3.8) is 0 Å². The van der Waals surface area contributed by atoms with Gasteiger partial charge < -0.3 is 14.3 Å². The minimum atomic E-state index is -0.0463. The third-order valence-corrected chi connectivity index (χ3v) is 4.64. The molecule has 3 heterocycles. The van der Waals surface area contributed by atoms with Gasteiger partial charge in [0.25, 0.3) is 5.91 Å². The average Bonchev–Trinajstić information content (AvgIpc) is 3.14. The van der Waals surface area contributed by atoms with E-state index < -0.39 is 0 Å². The standard InChI is InChI=1S/C16H13BrN2O2/c17-12-4-1-3-10-11-9-19(7-6-13(11)18-15(10)12)16(20)14-5-2-8-21-14/h1-5,8,18H,6-7,9H2. The molecule has 5 heteroatoms. The number of fused-ring (bicyclic) bond motifs is 3. The van der Waals surface area contributed by atoms with Crippen molar-refractivity contribution in [1.82, 2.24) is 9.88 Å². The topological polar surface area (TPSA) is 49.2 Å². The molecule has 0 aliphatic carbocycles. The number of carbonyl (C=O) groups excluding carboxylic acids is 1. The van der Waals surface area contributed by atoms with E-state index in [4.69, 9.17) is 4.42 Å². The first kappa shape index (κ1) is 12.7. The Hall–Kier alpha value is -2.01. The third-order valence-electron chi connectivity index (χ3n) is 3.98. The Morgan fingerprint density at radius 1 is 1.29 bits per heavy atom. The second-order valence-corrected chi connectivity index (χ2v) is 6.05. The van der Waals surface area contributed by atoms with Crippen LogP contribution in [0.4, 0.5) is 0 Å². The summed E-state index contributed by atoms with van der Waals surface area (Å²) in [5.74, 6) is 0.356. The molecule has 1 aliphatic heterocycles. The quantitative estimate of drug-likeness (QED) is 0.731. The van der Waals surface area contributed by atoms with Crippen LogP contribution in [0.1, 0.15) is 21.8 Å². The van der Waals surface area contributed by atoms with Gasteiger partial charge in [-0.1, -0.05) is 12.1 Å². The molecule has 1 aliphatic rings. The lowest BCUT2D eigenvalue weighted by molar-refractivity contribution is 0.0703. The highest BCUT2D eigenvalue weighted by atomic mass is 79.9. The van der Waals surface area contributed by atoms with E-state index in [0.717, 1.165) is 16.4 Å². The molecule has 3 aromatic rings. The van der Waals surface area contributed by atoms with Crippen molar-refractivity contribution in [2.75, 3.05) is 6.54 Å². The van der Waals surface area contributed by atoms with E-state index >= 15 is 0 Å². The van der Waals surface area contributed by atoms with Gasteiger partial charge in [-0.3, -0.25) is 4.79 Å². The largest absolute Gasteiger partial charge is 0.459 e. The van der Waals surface area contributed by atoms with Gasteiger partial charge in [0.15, 0.2) is 5.76 Å². The number of hydrogen-bond donors (Lipinski definition) is 1. The molecule has 1 amide bonds. The summed E-state index contributed by atoms with van der Waals surface area (Å²) < 4.78 is 6.27. The summed E-state index contributed by atoms with van der Waals surface area (Å²) in [5, 5.41) is 1.18. The average molecular weight is 345 g/mol. The minimum absolute atomic E-state index is 0.0463. The van der Waals surface area contributed by atoms with Crippen LogP contribution in [0.15, 0.2) is 45.5 Å². The zero-order chi connectivity index (χ0) is 14.4. The summed E-state index contributed by atoms with van der Waals surface area (Å²) in [5.41, 5.74) is 3.53. The SMILES string of the molecule is O=C(c1ccco1)N1CCc2[nH]c3c(Br)cccc3c2C1. The Bertz CT molecular complexity index is 820. The molecule has 0 fully saturated rings. The first-order valence-electron chi connectivity index (χ1n) is 6.85. The predicted octanol–water partition coefficient (Wildman–Crippen LogP) is 3.72. The monoisotopic (exact) mass is 344 g/mol. The fourth-order valence-electron chi connectivity index (χ4n) is 2.93. The van der Waals surface area contributed by atoms with E-state index in [1.807, 2.05) is 17.0 Å². The highest BCUT2D eigenvalue weighted by Crippen LogP contribution is 2.32. The summed E-state index contributed by atoms with van der Waals surface area (Å²) in [6.07, 6.45) is 2.37. The van der Waals surface area contributed by atoms with Crippen LogP contribution < -0.4 is 0 Å². The van der Waals surface area contributed by atoms with E-state index in [-0.39, 0.29) is 5.91 Å². The van der Waals surface area contributed by atoms with E-state index in [1.54, 1.807) is 12.1 Å². The van der Waals surface area contributed by atoms with Gasteiger partial charge in [0.05, 0.1) is 11.8 Å². The minimum Gasteiger partial charge on any atom is -0.459 e. The van der Waals surface area contributed by atoms with Crippen LogP contribution in [-0.2, 0) is 13.0 Å². The molecule has 1 aromatic carbocycles. The smallest absolute Gasteiger partial charge is 0.289 e. The first-order valence-corrected chi connectivity index (χ1v) is 7.64. The van der Waals surface area contributed by atoms with Gasteiger partial charge in [-0.05, 0) is 34.1 Å². The third kappa shape index (κ3) is 2.00. The number of furan rings is 1. The van der Waals surface area contributed by atoms with Crippen molar-refractivity contribution in [3.05, 3.63) is 58.1 Å². The van der Waals surface area contributed by atoms with Gasteiger partial charge in [-0.25, -0.2) is 0 Å². The number of carbonyl (C=O) groups is 1. The fraction of sp³-hybridized carbons (Fsp3) is 0.188. The Morgan fingerprint density at radius 2 is 2.19 bits per heavy atom. The van der Waals surface area contributed by atoms with E-state index in [9.17, 15) is 4.79 Å². The number of para-hydroxylation sites is 1. The lowest BCUT2D eigenvalue weighted by Gasteiger charge is -2.26. The normalized spacial score (nSPS) is 14.4. The van der Waals surface area contributed by atoms with Crippen molar-refractivity contribution in [2.45, 2.75) is 13.0 Å². The molecule has 4 nitrogen and oxygen atoms in total. The molecule has 0 radical (unpaired) electrons. The Labute approximate surface area is 129 Å². The molecular formula is C16H13BrN2O2. The molecule has 0 atom stereocenters. The number of hydrogen-bond acceptors (Lipinski definition) is 2. The van der Waals surface area contributed by atoms with Crippen LogP contribution in [0, 0.1) is 0 Å². The maximum Gasteiger partial charge on any atom is 0.289 e. The Balaban J connectivity index is 1.73. The molecule has 106 valence electrons. The molecule has 0 saturated heterocycles. The zero-order valence-electron chi connectivity index (χ0n) is 11.2. The van der Waals surface area contributed by atoms with Crippen LogP contribution in [0.25, 0.3) is 10.9 Å². The van der Waals surface area contributed by atoms with Crippen LogP contribution in [0.5, 0.6) is 0 Å². The molecule has 0 spiro atoms. The molecule has 21 heavy (non-hydrogen) atoms. The predicted molar refractivity (Wildman–Crippen MR) is 83.2 cm³/mol. The van der Waals surface area contributed by atoms with Gasteiger partial charge in [0, 0.05) is 40.6 Å². The Morgan fingerprint density at radius 3 is 3.00 bits per heavy atom. The van der Waals surface area contributed by atoms with Crippen molar-refractivity contribution in [1.29, 1.82) is 0 Å². The number of amides is 1. The maximum atomic E-state index is 12.4. The summed E-state index contributed by atoms with van der Waals surface area (Å²) >= 11 is 3.57. The number of rotatable bonds is 1. The van der Waals surface area contributed by atoms with Crippen LogP contribution in [-0.4, -0.2) is 22.3 Å². The summed E-state index contributed by atoms with van der Waals surface area (Å²) in [6.45, 7) is 1.32. The second kappa shape index (κ2) is 4.77. The van der Waals surface area contributed by atoms with Crippen molar-refractivity contribution < 1.29 is 9.21 Å². The van der Waals surface area contributed by atoms with E-state index in [0.29, 0.717) is 18.8 Å². The van der Waals surface area contributed by atoms with Gasteiger partial charge in [-0.2, -0.15) is 0 Å². The number of nitrogens with zero attached hydrogens (tertiary/aromatic N) is 1. The van der Waals surface area contributed by atoms with Gasteiger partial charge in [-0.15, -0.1) is 0 Å². The number of halogens is 1. The highest BCUT2D eigenvalue weighted by Gasteiger charge is 2.26. The number of H-pyrrole nitrogens is 1. The van der Waals surface area contributed by atoms with Gasteiger partial charge >= 0.3 is 0 Å². The Kier molecular flexibility index (Phi) is 2.89. The maximum absolute atomic E-state index is 12.4. The van der Waals surface area contributed by atoms with E-state index in [1.165, 1.54) is 22.9 Å². The van der Waals surface area contributed by atoms with Crippen LogP contribution >= 0.6 is 15.9 Å². The molecule has 0 saturated carbocycles. The van der Waals surface area contributed by atoms with Gasteiger partial charge in [0.1, 0.15) is 0 Å². The molecule has 2 aromatic heterocycles. The van der Waals surface area contributed by atoms with Crippen LogP contribution in [0.3, 0.4) is 0 Å². The lowest BCUT2D eigenvalue weighted by atomic mass is 10.0. The molecule has 4 rings (SSSR count). The van der Waals surface area contributed by atoms with Crippen molar-refractivity contribution >= 4 is 32.7 Å². The van der Waals surface area contributed by atoms with Crippen molar-refractivity contribution in [3.8, 4) is 0 Å². The molecule has 0 bridgehead atoms. The zero-order valence-corrected chi connectivity index (χ0v) is 12.8. The lowest BCUT2D eigenvalue weighted by Crippen LogP contribution is -2.35. The van der Waals surface area contributed by atoms with Crippen LogP contribution in [0.2, 0.25) is 0 Å². The number of aromatic amines is 1. The van der Waals surface area contributed by atoms with E-state index in [2.05, 4.69) is 27.0 Å². The summed E-state index contributed by atoms with van der Waals surface area (Å²) in [6, 6.07) is 9.59. The second-order valence-electron chi connectivity index (χ2n) is 5.20. The molecule has 0 unspecified atom stereocenters. The number of nitrogens with one attached hydrogen (secondary N) is 1. The highest BCUT2D eigenvalue weighted by molar-refractivity contribution is 9.10. The summed E-state index contributed by atoms with van der Waals surface area (Å²) in [7, 11) is 0. The van der Waals surface area contributed by atoms with Gasteiger partial charge in [0.2, 0.25) is 0 Å². The number of aromatic nitrogens is 1. The molecule has 1 N–H and O–H groups in total. The molecular weight excluding hydrogens is 332 g/mol. The van der Waals surface area contributed by atoms with Crippen molar-refractivity contribution in [2.24, 2.45) is 0 Å². The fourth-order valence-corrected chi connectivity index (χ4v) is 3.40.